The Bertz CT molecular complexity index is 1130. The standard InChI is InChI=1S/C26H27NO4/c1-15-9-21(28)10-16(2)26(15)22-6-4-5-18(17(22)3)13-27-20-7-8-23-19(11-25(29)30)14-31-24(23)12-20/h4-10,12,19,27-28H,11,13-14H2,1-3H3,(H,29,30). The Morgan fingerprint density at radius 1 is 1.10 bits per heavy atom. The fraction of sp³-hybridized carbons (Fsp3) is 0.269. The van der Waals surface area contributed by atoms with E-state index in [9.17, 15) is 9.90 Å². The van der Waals surface area contributed by atoms with Gasteiger partial charge in [0.1, 0.15) is 11.5 Å². The molecule has 0 spiro atoms. The van der Waals surface area contributed by atoms with Crippen LogP contribution in [-0.2, 0) is 11.3 Å². The molecule has 1 aliphatic heterocycles. The first-order chi connectivity index (χ1) is 14.8. The number of nitrogens with one attached hydrogen (secondary N) is 1. The average Bonchev–Trinajstić information content (AvgIpc) is 3.09. The smallest absolute Gasteiger partial charge is 0.304 e. The molecule has 1 aliphatic rings. The zero-order valence-electron chi connectivity index (χ0n) is 18.0. The van der Waals surface area contributed by atoms with E-state index in [4.69, 9.17) is 9.84 Å². The van der Waals surface area contributed by atoms with Gasteiger partial charge in [0.05, 0.1) is 13.0 Å². The summed E-state index contributed by atoms with van der Waals surface area (Å²) in [6, 6.07) is 15.8. The first-order valence-corrected chi connectivity index (χ1v) is 10.4. The molecule has 5 heteroatoms. The Morgan fingerprint density at radius 3 is 2.55 bits per heavy atom. The zero-order valence-corrected chi connectivity index (χ0v) is 18.0. The van der Waals surface area contributed by atoms with Crippen LogP contribution in [0.4, 0.5) is 5.69 Å². The van der Waals surface area contributed by atoms with Gasteiger partial charge in [-0.05, 0) is 72.4 Å². The Balaban J connectivity index is 1.54. The monoisotopic (exact) mass is 417 g/mol. The van der Waals surface area contributed by atoms with Gasteiger partial charge in [-0.15, -0.1) is 0 Å². The summed E-state index contributed by atoms with van der Waals surface area (Å²) in [6.45, 7) is 7.24. The van der Waals surface area contributed by atoms with Crippen molar-refractivity contribution in [2.75, 3.05) is 11.9 Å². The number of aromatic hydroxyl groups is 1. The van der Waals surface area contributed by atoms with Gasteiger partial charge in [-0.2, -0.15) is 0 Å². The molecular formula is C26H27NO4. The van der Waals surface area contributed by atoms with E-state index >= 15 is 0 Å². The van der Waals surface area contributed by atoms with Crippen molar-refractivity contribution < 1.29 is 19.7 Å². The molecule has 1 heterocycles. The van der Waals surface area contributed by atoms with Crippen molar-refractivity contribution >= 4 is 11.7 Å². The van der Waals surface area contributed by atoms with Gasteiger partial charge in [-0.1, -0.05) is 24.3 Å². The van der Waals surface area contributed by atoms with E-state index in [1.165, 1.54) is 16.7 Å². The van der Waals surface area contributed by atoms with Crippen LogP contribution in [-0.4, -0.2) is 22.8 Å². The lowest BCUT2D eigenvalue weighted by Crippen LogP contribution is -2.07. The number of carbonyl (C=O) groups is 1. The van der Waals surface area contributed by atoms with E-state index in [2.05, 4.69) is 30.4 Å². The van der Waals surface area contributed by atoms with Crippen molar-refractivity contribution in [2.24, 2.45) is 0 Å². The average molecular weight is 418 g/mol. The molecule has 0 amide bonds. The second-order valence-electron chi connectivity index (χ2n) is 8.26. The van der Waals surface area contributed by atoms with Crippen LogP contribution in [0.3, 0.4) is 0 Å². The number of carboxylic acid groups (broad SMARTS) is 1. The first kappa shape index (κ1) is 20.8. The minimum absolute atomic E-state index is 0.0852. The molecule has 0 saturated heterocycles. The summed E-state index contributed by atoms with van der Waals surface area (Å²) in [6.07, 6.45) is 0.0852. The van der Waals surface area contributed by atoms with Crippen molar-refractivity contribution in [1.29, 1.82) is 0 Å². The highest BCUT2D eigenvalue weighted by atomic mass is 16.5. The number of rotatable bonds is 6. The lowest BCUT2D eigenvalue weighted by atomic mass is 9.90. The van der Waals surface area contributed by atoms with Crippen molar-refractivity contribution in [3.8, 4) is 22.6 Å². The number of aliphatic carboxylic acids is 1. The maximum absolute atomic E-state index is 11.0. The van der Waals surface area contributed by atoms with Gasteiger partial charge in [0.25, 0.3) is 0 Å². The minimum Gasteiger partial charge on any atom is -0.508 e. The molecular weight excluding hydrogens is 390 g/mol. The van der Waals surface area contributed by atoms with Crippen LogP contribution >= 0.6 is 0 Å². The normalized spacial score (nSPS) is 14.7. The van der Waals surface area contributed by atoms with Gasteiger partial charge >= 0.3 is 5.97 Å². The fourth-order valence-electron chi connectivity index (χ4n) is 4.48. The molecule has 0 radical (unpaired) electrons. The summed E-state index contributed by atoms with van der Waals surface area (Å²) in [4.78, 5) is 11.0. The molecule has 0 fully saturated rings. The Morgan fingerprint density at radius 2 is 1.84 bits per heavy atom. The predicted molar refractivity (Wildman–Crippen MR) is 122 cm³/mol. The van der Waals surface area contributed by atoms with Crippen LogP contribution in [0.1, 0.15) is 40.2 Å². The van der Waals surface area contributed by atoms with Crippen LogP contribution in [0, 0.1) is 20.8 Å². The van der Waals surface area contributed by atoms with Crippen LogP contribution in [0.15, 0.2) is 48.5 Å². The van der Waals surface area contributed by atoms with E-state index in [1.54, 1.807) is 12.1 Å². The first-order valence-electron chi connectivity index (χ1n) is 10.4. The molecule has 5 nitrogen and oxygen atoms in total. The fourth-order valence-corrected chi connectivity index (χ4v) is 4.48. The molecule has 31 heavy (non-hydrogen) atoms. The molecule has 3 aromatic rings. The number of aryl methyl sites for hydroxylation is 2. The van der Waals surface area contributed by atoms with Crippen LogP contribution in [0.5, 0.6) is 11.5 Å². The number of phenolic OH excluding ortho intramolecular Hbond substituents is 1. The number of fused-ring (bicyclic) bond motifs is 1. The van der Waals surface area contributed by atoms with Crippen LogP contribution < -0.4 is 10.1 Å². The number of carboxylic acids is 1. The van der Waals surface area contributed by atoms with Gasteiger partial charge in [0.15, 0.2) is 0 Å². The zero-order chi connectivity index (χ0) is 22.1. The highest BCUT2D eigenvalue weighted by molar-refractivity contribution is 5.75. The topological polar surface area (TPSA) is 78.8 Å². The third-order valence-electron chi connectivity index (χ3n) is 6.03. The van der Waals surface area contributed by atoms with Crippen molar-refractivity contribution in [1.82, 2.24) is 0 Å². The minimum atomic E-state index is -0.807. The third kappa shape index (κ3) is 4.22. The van der Waals surface area contributed by atoms with Gasteiger partial charge in [-0.25, -0.2) is 0 Å². The largest absolute Gasteiger partial charge is 0.508 e. The third-order valence-corrected chi connectivity index (χ3v) is 6.03. The van der Waals surface area contributed by atoms with E-state index < -0.39 is 5.97 Å². The maximum atomic E-state index is 11.0. The summed E-state index contributed by atoms with van der Waals surface area (Å²) < 4.78 is 5.72. The molecule has 0 saturated carbocycles. The predicted octanol–water partition coefficient (Wildman–Crippen LogP) is 5.55. The number of benzene rings is 3. The number of hydrogen-bond acceptors (Lipinski definition) is 4. The van der Waals surface area contributed by atoms with Gasteiger partial charge in [0.2, 0.25) is 0 Å². The maximum Gasteiger partial charge on any atom is 0.304 e. The van der Waals surface area contributed by atoms with E-state index in [0.717, 1.165) is 33.7 Å². The molecule has 0 aromatic heterocycles. The summed E-state index contributed by atoms with van der Waals surface area (Å²) in [5, 5.41) is 22.4. The van der Waals surface area contributed by atoms with Crippen LogP contribution in [0.25, 0.3) is 11.1 Å². The molecule has 0 aliphatic carbocycles. The van der Waals surface area contributed by atoms with E-state index in [1.807, 2.05) is 32.0 Å². The van der Waals surface area contributed by atoms with Crippen molar-refractivity contribution in [3.63, 3.8) is 0 Å². The Labute approximate surface area is 182 Å². The summed E-state index contributed by atoms with van der Waals surface area (Å²) in [7, 11) is 0. The second-order valence-corrected chi connectivity index (χ2v) is 8.26. The van der Waals surface area contributed by atoms with E-state index in [-0.39, 0.29) is 12.3 Å². The van der Waals surface area contributed by atoms with E-state index in [0.29, 0.717) is 18.9 Å². The van der Waals surface area contributed by atoms with Gasteiger partial charge < -0.3 is 20.3 Å². The lowest BCUT2D eigenvalue weighted by molar-refractivity contribution is -0.137. The molecule has 3 aromatic carbocycles. The molecule has 160 valence electrons. The summed E-state index contributed by atoms with van der Waals surface area (Å²) in [5.41, 5.74) is 8.73. The van der Waals surface area contributed by atoms with Crippen molar-refractivity contribution in [2.45, 2.75) is 39.7 Å². The molecule has 4 rings (SSSR count). The quantitative estimate of drug-likeness (QED) is 0.490. The van der Waals surface area contributed by atoms with Crippen molar-refractivity contribution in [3.05, 3.63) is 76.3 Å². The number of anilines is 1. The molecule has 3 N–H and O–H groups in total. The Kier molecular flexibility index (Phi) is 5.59. The lowest BCUT2D eigenvalue weighted by Gasteiger charge is -2.17. The SMILES string of the molecule is Cc1cc(O)cc(C)c1-c1cccc(CNc2ccc3c(c2)OCC3CC(=O)O)c1C. The second kappa shape index (κ2) is 8.34. The number of hydrogen-bond donors (Lipinski definition) is 3. The Hall–Kier alpha value is -3.47. The molecule has 0 bridgehead atoms. The summed E-state index contributed by atoms with van der Waals surface area (Å²) >= 11 is 0. The molecule has 1 unspecified atom stereocenters. The number of ether oxygens (including phenoxy) is 1. The van der Waals surface area contributed by atoms with Gasteiger partial charge in [0, 0.05) is 29.8 Å². The van der Waals surface area contributed by atoms with Crippen LogP contribution in [0.2, 0.25) is 0 Å². The number of phenols is 1. The molecule has 1 atom stereocenters. The highest BCUT2D eigenvalue weighted by Gasteiger charge is 2.26. The van der Waals surface area contributed by atoms with Gasteiger partial charge in [-0.3, -0.25) is 4.79 Å². The summed E-state index contributed by atoms with van der Waals surface area (Å²) in [5.74, 6) is 0.158. The highest BCUT2D eigenvalue weighted by Crippen LogP contribution is 2.38.